The van der Waals surface area contributed by atoms with Gasteiger partial charge in [0.1, 0.15) is 23.0 Å². The standard InChI is InChI=1S/C18H21NO6/c1-23-17(22)9-12-8-13(20)10-15(21)18(12)16-3-2-14(25-16)11-19-4-6-24-7-5-19/h2-3,8,10,20-21H,4-7,9,11H2,1H3. The van der Waals surface area contributed by atoms with Gasteiger partial charge < -0.3 is 24.1 Å². The molecular weight excluding hydrogens is 326 g/mol. The molecule has 7 heteroatoms. The van der Waals surface area contributed by atoms with Gasteiger partial charge in [0.25, 0.3) is 0 Å². The number of aromatic hydroxyl groups is 2. The van der Waals surface area contributed by atoms with Crippen LogP contribution in [0.5, 0.6) is 11.5 Å². The van der Waals surface area contributed by atoms with Crippen LogP contribution in [-0.2, 0) is 27.2 Å². The molecule has 1 aromatic carbocycles. The molecule has 134 valence electrons. The van der Waals surface area contributed by atoms with E-state index in [1.807, 2.05) is 6.07 Å². The number of phenolic OH excluding ortho intramolecular Hbond substituents is 2. The number of phenols is 2. The number of benzene rings is 1. The third kappa shape index (κ3) is 4.12. The first-order valence-electron chi connectivity index (χ1n) is 8.07. The Labute approximate surface area is 145 Å². The maximum absolute atomic E-state index is 11.6. The zero-order valence-electron chi connectivity index (χ0n) is 14.0. The van der Waals surface area contributed by atoms with Crippen molar-refractivity contribution in [2.45, 2.75) is 13.0 Å². The molecule has 0 atom stereocenters. The lowest BCUT2D eigenvalue weighted by Gasteiger charge is -2.25. The molecule has 25 heavy (non-hydrogen) atoms. The molecule has 0 saturated carbocycles. The highest BCUT2D eigenvalue weighted by molar-refractivity contribution is 5.79. The van der Waals surface area contributed by atoms with Gasteiger partial charge in [0, 0.05) is 19.2 Å². The lowest BCUT2D eigenvalue weighted by molar-refractivity contribution is -0.139. The SMILES string of the molecule is COC(=O)Cc1cc(O)cc(O)c1-c1ccc(CN2CCOCC2)o1. The van der Waals surface area contributed by atoms with Gasteiger partial charge in [-0.15, -0.1) is 0 Å². The predicted molar refractivity (Wildman–Crippen MR) is 89.3 cm³/mol. The first kappa shape index (κ1) is 17.3. The van der Waals surface area contributed by atoms with E-state index in [9.17, 15) is 15.0 Å². The van der Waals surface area contributed by atoms with Gasteiger partial charge in [0.05, 0.1) is 38.9 Å². The molecule has 0 radical (unpaired) electrons. The molecule has 0 bridgehead atoms. The Morgan fingerprint density at radius 2 is 2.00 bits per heavy atom. The average molecular weight is 347 g/mol. The second-order valence-electron chi connectivity index (χ2n) is 5.91. The molecule has 1 saturated heterocycles. The van der Waals surface area contributed by atoms with Crippen LogP contribution in [0.4, 0.5) is 0 Å². The first-order valence-corrected chi connectivity index (χ1v) is 8.07. The van der Waals surface area contributed by atoms with Crippen molar-refractivity contribution in [3.63, 3.8) is 0 Å². The van der Waals surface area contributed by atoms with E-state index in [-0.39, 0.29) is 17.9 Å². The number of carbonyl (C=O) groups is 1. The smallest absolute Gasteiger partial charge is 0.310 e. The molecule has 3 rings (SSSR count). The number of morpholine rings is 1. The van der Waals surface area contributed by atoms with Gasteiger partial charge >= 0.3 is 5.97 Å². The number of hydrogen-bond donors (Lipinski definition) is 2. The van der Waals surface area contributed by atoms with Crippen molar-refractivity contribution in [1.82, 2.24) is 4.90 Å². The third-order valence-corrected chi connectivity index (χ3v) is 4.14. The van der Waals surface area contributed by atoms with Crippen molar-refractivity contribution in [3.8, 4) is 22.8 Å². The van der Waals surface area contributed by atoms with Crippen LogP contribution in [0.3, 0.4) is 0 Å². The van der Waals surface area contributed by atoms with Gasteiger partial charge in [-0.25, -0.2) is 0 Å². The summed E-state index contributed by atoms with van der Waals surface area (Å²) in [5, 5.41) is 20.0. The van der Waals surface area contributed by atoms with Crippen molar-refractivity contribution in [2.24, 2.45) is 0 Å². The minimum absolute atomic E-state index is 0.0761. The second kappa shape index (κ2) is 7.58. The van der Waals surface area contributed by atoms with Crippen LogP contribution in [0.2, 0.25) is 0 Å². The summed E-state index contributed by atoms with van der Waals surface area (Å²) >= 11 is 0. The molecule has 2 N–H and O–H groups in total. The van der Waals surface area contributed by atoms with Gasteiger partial charge in [-0.3, -0.25) is 9.69 Å². The summed E-state index contributed by atoms with van der Waals surface area (Å²) in [4.78, 5) is 13.8. The fourth-order valence-corrected chi connectivity index (χ4v) is 2.90. The van der Waals surface area contributed by atoms with Crippen LogP contribution < -0.4 is 0 Å². The molecular formula is C18H21NO6. The molecule has 0 unspecified atom stereocenters. The molecule has 0 spiro atoms. The van der Waals surface area contributed by atoms with Crippen molar-refractivity contribution >= 4 is 5.97 Å². The quantitative estimate of drug-likeness (QED) is 0.798. The maximum Gasteiger partial charge on any atom is 0.310 e. The summed E-state index contributed by atoms with van der Waals surface area (Å²) in [7, 11) is 1.29. The number of methoxy groups -OCH3 is 1. The molecule has 0 aliphatic carbocycles. The van der Waals surface area contributed by atoms with Crippen molar-refractivity contribution in [1.29, 1.82) is 0 Å². The monoisotopic (exact) mass is 347 g/mol. The Hall–Kier alpha value is -2.51. The number of carbonyl (C=O) groups excluding carboxylic acids is 1. The number of ether oxygens (including phenoxy) is 2. The fraction of sp³-hybridized carbons (Fsp3) is 0.389. The zero-order valence-corrected chi connectivity index (χ0v) is 14.0. The van der Waals surface area contributed by atoms with E-state index in [1.165, 1.54) is 19.2 Å². The van der Waals surface area contributed by atoms with Crippen LogP contribution in [0, 0.1) is 0 Å². The summed E-state index contributed by atoms with van der Waals surface area (Å²) in [5.41, 5.74) is 0.827. The van der Waals surface area contributed by atoms with Gasteiger partial charge in [0.2, 0.25) is 0 Å². The lowest BCUT2D eigenvalue weighted by atomic mass is 10.0. The highest BCUT2D eigenvalue weighted by Gasteiger charge is 2.19. The minimum Gasteiger partial charge on any atom is -0.508 e. The van der Waals surface area contributed by atoms with Crippen LogP contribution in [0.25, 0.3) is 11.3 Å². The van der Waals surface area contributed by atoms with E-state index < -0.39 is 5.97 Å². The topological polar surface area (TPSA) is 92.4 Å². The van der Waals surface area contributed by atoms with Crippen LogP contribution >= 0.6 is 0 Å². The summed E-state index contributed by atoms with van der Waals surface area (Å²) in [6.07, 6.45) is -0.0761. The van der Waals surface area contributed by atoms with Crippen LogP contribution in [0.1, 0.15) is 11.3 Å². The van der Waals surface area contributed by atoms with Gasteiger partial charge in [-0.2, -0.15) is 0 Å². The maximum atomic E-state index is 11.6. The van der Waals surface area contributed by atoms with Crippen LogP contribution in [-0.4, -0.2) is 54.5 Å². The summed E-state index contributed by atoms with van der Waals surface area (Å²) < 4.78 is 15.9. The Kier molecular flexibility index (Phi) is 5.25. The van der Waals surface area contributed by atoms with Crippen molar-refractivity contribution in [3.05, 3.63) is 35.6 Å². The Morgan fingerprint density at radius 1 is 1.24 bits per heavy atom. The van der Waals surface area contributed by atoms with E-state index >= 15 is 0 Å². The van der Waals surface area contributed by atoms with E-state index in [0.717, 1.165) is 18.8 Å². The lowest BCUT2D eigenvalue weighted by Crippen LogP contribution is -2.35. The summed E-state index contributed by atoms with van der Waals surface area (Å²) in [6.45, 7) is 3.74. The normalized spacial score (nSPS) is 15.2. The third-order valence-electron chi connectivity index (χ3n) is 4.14. The van der Waals surface area contributed by atoms with E-state index in [1.54, 1.807) is 6.07 Å². The predicted octanol–water partition coefficient (Wildman–Crippen LogP) is 1.91. The van der Waals surface area contributed by atoms with Gasteiger partial charge in [0.15, 0.2) is 0 Å². The number of furan rings is 1. The molecule has 1 aliphatic heterocycles. The molecule has 0 amide bonds. The Balaban J connectivity index is 1.86. The molecule has 2 heterocycles. The zero-order chi connectivity index (χ0) is 17.8. The van der Waals surface area contributed by atoms with Crippen LogP contribution in [0.15, 0.2) is 28.7 Å². The molecule has 7 nitrogen and oxygen atoms in total. The minimum atomic E-state index is -0.466. The van der Waals surface area contributed by atoms with E-state index in [2.05, 4.69) is 9.64 Å². The second-order valence-corrected chi connectivity index (χ2v) is 5.91. The van der Waals surface area contributed by atoms with E-state index in [4.69, 9.17) is 9.15 Å². The molecule has 2 aromatic rings. The Bertz CT molecular complexity index is 748. The number of hydrogen-bond acceptors (Lipinski definition) is 7. The number of rotatable bonds is 5. The van der Waals surface area contributed by atoms with Gasteiger partial charge in [-0.05, 0) is 23.8 Å². The fourth-order valence-electron chi connectivity index (χ4n) is 2.90. The van der Waals surface area contributed by atoms with Gasteiger partial charge in [-0.1, -0.05) is 0 Å². The number of esters is 1. The average Bonchev–Trinajstić information content (AvgIpc) is 3.03. The van der Waals surface area contributed by atoms with E-state index in [0.29, 0.717) is 36.6 Å². The largest absolute Gasteiger partial charge is 0.508 e. The summed E-state index contributed by atoms with van der Waals surface area (Å²) in [6, 6.07) is 6.25. The molecule has 1 aliphatic rings. The van der Waals surface area contributed by atoms with Crippen molar-refractivity contribution in [2.75, 3.05) is 33.4 Å². The highest BCUT2D eigenvalue weighted by Crippen LogP contribution is 2.37. The highest BCUT2D eigenvalue weighted by atomic mass is 16.5. The molecule has 1 fully saturated rings. The Morgan fingerprint density at radius 3 is 2.72 bits per heavy atom. The summed E-state index contributed by atoms with van der Waals surface area (Å²) in [5.74, 6) is 0.464. The number of nitrogens with zero attached hydrogens (tertiary/aromatic N) is 1. The first-order chi connectivity index (χ1) is 12.1. The van der Waals surface area contributed by atoms with Crippen molar-refractivity contribution < 1.29 is 28.9 Å². The molecule has 1 aromatic heterocycles.